The van der Waals surface area contributed by atoms with Crippen LogP contribution in [0, 0.1) is 11.6 Å². The van der Waals surface area contributed by atoms with E-state index >= 15 is 0 Å². The van der Waals surface area contributed by atoms with Gasteiger partial charge >= 0.3 is 0 Å². The normalized spacial score (nSPS) is 11.6. The van der Waals surface area contributed by atoms with E-state index in [1.165, 1.54) is 11.6 Å². The summed E-state index contributed by atoms with van der Waals surface area (Å²) in [6.07, 6.45) is 1.24. The van der Waals surface area contributed by atoms with Crippen LogP contribution >= 0.6 is 11.3 Å². The van der Waals surface area contributed by atoms with Crippen LogP contribution < -0.4 is 5.73 Å². The first-order valence-electron chi connectivity index (χ1n) is 4.32. The minimum Gasteiger partial charge on any atom is -0.399 e. The van der Waals surface area contributed by atoms with Crippen molar-refractivity contribution in [2.75, 3.05) is 5.73 Å². The molecule has 2 aromatic rings. The lowest BCUT2D eigenvalue weighted by molar-refractivity contribution is 0.520. The highest BCUT2D eigenvalue weighted by Gasteiger charge is 2.28. The zero-order valence-electron chi connectivity index (χ0n) is 8.22. The van der Waals surface area contributed by atoms with Crippen molar-refractivity contribution in [3.8, 4) is 0 Å². The molecule has 0 aliphatic carbocycles. The van der Waals surface area contributed by atoms with E-state index in [9.17, 15) is 17.2 Å². The molecule has 0 amide bonds. The fourth-order valence-electron chi connectivity index (χ4n) is 1.27. The fourth-order valence-corrected chi connectivity index (χ4v) is 3.56. The van der Waals surface area contributed by atoms with Gasteiger partial charge in [-0.25, -0.2) is 22.2 Å². The molecule has 0 spiro atoms. The highest BCUT2D eigenvalue weighted by Crippen LogP contribution is 2.28. The van der Waals surface area contributed by atoms with Gasteiger partial charge < -0.3 is 5.73 Å². The molecule has 0 aliphatic heterocycles. The monoisotopic (exact) mass is 276 g/mol. The standard InChI is InChI=1S/C9H6F2N2O2S2/c10-6-3-5(12)4-7(11)8(6)17(14,15)9-13-1-2-16-9/h1-4H,12H2. The van der Waals surface area contributed by atoms with Gasteiger partial charge in [0, 0.05) is 17.3 Å². The van der Waals surface area contributed by atoms with Crippen LogP contribution in [0.5, 0.6) is 0 Å². The van der Waals surface area contributed by atoms with Crippen molar-refractivity contribution in [1.29, 1.82) is 0 Å². The SMILES string of the molecule is Nc1cc(F)c(S(=O)(=O)c2nccs2)c(F)c1. The predicted molar refractivity (Wildman–Crippen MR) is 58.3 cm³/mol. The molecule has 2 N–H and O–H groups in total. The van der Waals surface area contributed by atoms with Gasteiger partial charge in [-0.2, -0.15) is 0 Å². The molecule has 0 aliphatic rings. The second-order valence-electron chi connectivity index (χ2n) is 3.12. The van der Waals surface area contributed by atoms with E-state index in [0.717, 1.165) is 23.5 Å². The lowest BCUT2D eigenvalue weighted by Crippen LogP contribution is -2.08. The molecule has 0 saturated heterocycles. The van der Waals surface area contributed by atoms with Crippen LogP contribution in [0.15, 0.2) is 32.9 Å². The summed E-state index contributed by atoms with van der Waals surface area (Å²) in [4.78, 5) is 2.51. The number of rotatable bonds is 2. The summed E-state index contributed by atoms with van der Waals surface area (Å²) in [7, 11) is -4.27. The summed E-state index contributed by atoms with van der Waals surface area (Å²) < 4.78 is 50.3. The lowest BCUT2D eigenvalue weighted by atomic mass is 10.3. The molecular weight excluding hydrogens is 270 g/mol. The van der Waals surface area contributed by atoms with Gasteiger partial charge in [-0.3, -0.25) is 0 Å². The molecule has 1 heterocycles. The third kappa shape index (κ3) is 2.01. The Labute approximate surface area is 99.6 Å². The maximum absolute atomic E-state index is 13.5. The average Bonchev–Trinajstić information content (AvgIpc) is 2.67. The molecule has 0 fully saturated rings. The summed E-state index contributed by atoms with van der Waals surface area (Å²) in [6, 6.07) is 1.51. The van der Waals surface area contributed by atoms with Gasteiger partial charge in [0.2, 0.25) is 14.2 Å². The topological polar surface area (TPSA) is 73.1 Å². The van der Waals surface area contributed by atoms with Gasteiger partial charge in [0.25, 0.3) is 0 Å². The molecule has 0 unspecified atom stereocenters. The van der Waals surface area contributed by atoms with Gasteiger partial charge in [0.15, 0.2) is 0 Å². The van der Waals surface area contributed by atoms with E-state index in [4.69, 9.17) is 5.73 Å². The van der Waals surface area contributed by atoms with Gasteiger partial charge in [0.05, 0.1) is 0 Å². The number of aromatic nitrogens is 1. The van der Waals surface area contributed by atoms with E-state index in [-0.39, 0.29) is 10.0 Å². The van der Waals surface area contributed by atoms with Crippen LogP contribution in [0.3, 0.4) is 0 Å². The smallest absolute Gasteiger partial charge is 0.239 e. The number of hydrogen-bond acceptors (Lipinski definition) is 5. The van der Waals surface area contributed by atoms with Crippen molar-refractivity contribution < 1.29 is 17.2 Å². The molecule has 0 radical (unpaired) electrons. The first kappa shape index (κ1) is 11.9. The minimum atomic E-state index is -4.27. The number of benzene rings is 1. The van der Waals surface area contributed by atoms with Gasteiger partial charge in [-0.15, -0.1) is 11.3 Å². The number of halogens is 2. The number of sulfone groups is 1. The van der Waals surface area contributed by atoms with Crippen molar-refractivity contribution >= 4 is 26.9 Å². The zero-order valence-corrected chi connectivity index (χ0v) is 9.86. The number of hydrogen-bond donors (Lipinski definition) is 1. The second-order valence-corrected chi connectivity index (χ2v) is 6.07. The molecule has 0 atom stereocenters. The Kier molecular flexibility index (Phi) is 2.84. The number of anilines is 1. The third-order valence-electron chi connectivity index (χ3n) is 1.93. The number of thiazole rings is 1. The largest absolute Gasteiger partial charge is 0.399 e. The Morgan fingerprint density at radius 3 is 2.29 bits per heavy atom. The highest BCUT2D eigenvalue weighted by atomic mass is 32.2. The van der Waals surface area contributed by atoms with Crippen LogP contribution in [0.1, 0.15) is 0 Å². The Hall–Kier alpha value is -1.54. The van der Waals surface area contributed by atoms with Crippen LogP contribution in [-0.2, 0) is 9.84 Å². The van der Waals surface area contributed by atoms with Crippen molar-refractivity contribution in [2.24, 2.45) is 0 Å². The maximum Gasteiger partial charge on any atom is 0.239 e. The minimum absolute atomic E-state index is 0.182. The second kappa shape index (κ2) is 4.04. The van der Waals surface area contributed by atoms with Crippen molar-refractivity contribution in [2.45, 2.75) is 9.24 Å². The molecule has 0 bridgehead atoms. The van der Waals surface area contributed by atoms with Crippen LogP contribution in [0.2, 0.25) is 0 Å². The molecule has 8 heteroatoms. The molecule has 0 saturated carbocycles. The first-order chi connectivity index (χ1) is 7.93. The van der Waals surface area contributed by atoms with Gasteiger partial charge in [-0.1, -0.05) is 0 Å². The first-order valence-corrected chi connectivity index (χ1v) is 6.68. The Morgan fingerprint density at radius 1 is 1.24 bits per heavy atom. The van der Waals surface area contributed by atoms with Crippen molar-refractivity contribution in [1.82, 2.24) is 4.98 Å². The van der Waals surface area contributed by atoms with E-state index in [1.807, 2.05) is 0 Å². The Morgan fingerprint density at radius 2 is 1.82 bits per heavy atom. The van der Waals surface area contributed by atoms with Crippen molar-refractivity contribution in [3.63, 3.8) is 0 Å². The summed E-state index contributed by atoms with van der Waals surface area (Å²) in [5.41, 5.74) is 5.02. The summed E-state index contributed by atoms with van der Waals surface area (Å²) in [6.45, 7) is 0. The average molecular weight is 276 g/mol. The molecule has 4 nitrogen and oxygen atoms in total. The summed E-state index contributed by atoms with van der Waals surface area (Å²) in [5, 5.41) is 1.40. The fraction of sp³-hybridized carbons (Fsp3) is 0. The number of nitrogens with two attached hydrogens (primary N) is 1. The van der Waals surface area contributed by atoms with Crippen molar-refractivity contribution in [3.05, 3.63) is 35.3 Å². The number of nitrogens with zero attached hydrogens (tertiary/aromatic N) is 1. The van der Waals surface area contributed by atoms with Crippen LogP contribution in [0.25, 0.3) is 0 Å². The summed E-state index contributed by atoms with van der Waals surface area (Å²) in [5.74, 6) is -2.45. The molecule has 2 rings (SSSR count). The molecule has 1 aromatic carbocycles. The highest BCUT2D eigenvalue weighted by molar-refractivity contribution is 7.93. The molecule has 90 valence electrons. The lowest BCUT2D eigenvalue weighted by Gasteiger charge is -2.05. The molecular formula is C9H6F2N2O2S2. The third-order valence-corrected chi connectivity index (χ3v) is 4.93. The quantitative estimate of drug-likeness (QED) is 0.849. The van der Waals surface area contributed by atoms with Gasteiger partial charge in [0.1, 0.15) is 16.5 Å². The Bertz CT molecular complexity index is 631. The van der Waals surface area contributed by atoms with E-state index in [2.05, 4.69) is 4.98 Å². The number of nitrogen functional groups attached to an aromatic ring is 1. The maximum atomic E-state index is 13.5. The van der Waals surface area contributed by atoms with Crippen LogP contribution in [-0.4, -0.2) is 13.4 Å². The predicted octanol–water partition coefficient (Wildman–Crippen LogP) is 1.84. The molecule has 1 aromatic heterocycles. The van der Waals surface area contributed by atoms with Crippen LogP contribution in [0.4, 0.5) is 14.5 Å². The Balaban J connectivity index is 2.71. The molecule has 17 heavy (non-hydrogen) atoms. The van der Waals surface area contributed by atoms with E-state index < -0.39 is 26.4 Å². The van der Waals surface area contributed by atoms with Gasteiger partial charge in [-0.05, 0) is 12.1 Å². The van der Waals surface area contributed by atoms with E-state index in [1.54, 1.807) is 0 Å². The van der Waals surface area contributed by atoms with E-state index in [0.29, 0.717) is 0 Å². The summed E-state index contributed by atoms with van der Waals surface area (Å²) >= 11 is 0.783. The zero-order chi connectivity index (χ0) is 12.6.